The van der Waals surface area contributed by atoms with E-state index in [-0.39, 0.29) is 12.5 Å². The van der Waals surface area contributed by atoms with E-state index < -0.39 is 12.1 Å². The average Bonchev–Trinajstić information content (AvgIpc) is 2.47. The van der Waals surface area contributed by atoms with Crippen molar-refractivity contribution in [1.29, 1.82) is 0 Å². The zero-order valence-corrected chi connectivity index (χ0v) is 12.3. The molecule has 0 saturated carbocycles. The van der Waals surface area contributed by atoms with Gasteiger partial charge in [-0.05, 0) is 12.0 Å². The lowest BCUT2D eigenvalue weighted by Crippen LogP contribution is -2.52. The van der Waals surface area contributed by atoms with Crippen LogP contribution in [0.5, 0.6) is 0 Å². The quantitative estimate of drug-likeness (QED) is 0.767. The SMILES string of the molecule is COCC1=CCN(C(=O)N2CCOC(CC(=O)O)C2)CC1. The third kappa shape index (κ3) is 4.44. The molecule has 1 unspecified atom stereocenters. The molecular formula is C14H22N2O5. The van der Waals surface area contributed by atoms with E-state index in [1.54, 1.807) is 16.9 Å². The lowest BCUT2D eigenvalue weighted by atomic mass is 10.1. The fourth-order valence-corrected chi connectivity index (χ4v) is 2.61. The van der Waals surface area contributed by atoms with Gasteiger partial charge in [-0.3, -0.25) is 4.79 Å². The molecule has 1 atom stereocenters. The van der Waals surface area contributed by atoms with Gasteiger partial charge in [0.15, 0.2) is 0 Å². The van der Waals surface area contributed by atoms with Crippen LogP contribution in [-0.4, -0.2) is 79.5 Å². The molecule has 118 valence electrons. The van der Waals surface area contributed by atoms with Gasteiger partial charge >= 0.3 is 12.0 Å². The Kier molecular flexibility index (Phi) is 5.58. The number of carboxylic acids is 1. The number of nitrogens with zero attached hydrogens (tertiary/aromatic N) is 2. The first-order chi connectivity index (χ1) is 10.1. The Balaban J connectivity index is 1.87. The fraction of sp³-hybridized carbons (Fsp3) is 0.714. The standard InChI is InChI=1S/C14H22N2O5/c1-20-10-11-2-4-15(5-3-11)14(19)16-6-7-21-12(9-16)8-13(17)18/h2,12H,3-10H2,1H3,(H,17,18). The Hall–Kier alpha value is -1.60. The molecule has 0 aromatic carbocycles. The fourth-order valence-electron chi connectivity index (χ4n) is 2.61. The molecule has 21 heavy (non-hydrogen) atoms. The Morgan fingerprint density at radius 1 is 1.43 bits per heavy atom. The zero-order chi connectivity index (χ0) is 15.2. The van der Waals surface area contributed by atoms with Crippen molar-refractivity contribution < 1.29 is 24.2 Å². The summed E-state index contributed by atoms with van der Waals surface area (Å²) in [5, 5.41) is 8.81. The van der Waals surface area contributed by atoms with Crippen LogP contribution < -0.4 is 0 Å². The summed E-state index contributed by atoms with van der Waals surface area (Å²) in [4.78, 5) is 26.6. The molecule has 0 radical (unpaired) electrons. The van der Waals surface area contributed by atoms with E-state index in [0.29, 0.717) is 39.4 Å². The van der Waals surface area contributed by atoms with Crippen LogP contribution in [0.15, 0.2) is 11.6 Å². The smallest absolute Gasteiger partial charge is 0.320 e. The highest BCUT2D eigenvalue weighted by atomic mass is 16.5. The van der Waals surface area contributed by atoms with Crippen LogP contribution in [0.2, 0.25) is 0 Å². The summed E-state index contributed by atoms with van der Waals surface area (Å²) in [6.45, 7) is 3.12. The molecule has 2 aliphatic rings. The first-order valence-corrected chi connectivity index (χ1v) is 7.14. The minimum atomic E-state index is -0.903. The molecule has 0 aromatic rings. The van der Waals surface area contributed by atoms with Gasteiger partial charge in [-0.2, -0.15) is 0 Å². The first-order valence-electron chi connectivity index (χ1n) is 7.14. The van der Waals surface area contributed by atoms with Crippen LogP contribution in [0.1, 0.15) is 12.8 Å². The van der Waals surface area contributed by atoms with Crippen molar-refractivity contribution >= 4 is 12.0 Å². The number of methoxy groups -OCH3 is 1. The molecule has 7 heteroatoms. The largest absolute Gasteiger partial charge is 0.481 e. The normalized spacial score (nSPS) is 22.9. The van der Waals surface area contributed by atoms with Crippen LogP contribution in [0.25, 0.3) is 0 Å². The van der Waals surface area contributed by atoms with Gasteiger partial charge in [0.25, 0.3) is 0 Å². The van der Waals surface area contributed by atoms with E-state index >= 15 is 0 Å². The number of morpholine rings is 1. The zero-order valence-electron chi connectivity index (χ0n) is 12.3. The Labute approximate surface area is 124 Å². The number of carboxylic acid groups (broad SMARTS) is 1. The Morgan fingerprint density at radius 3 is 2.86 bits per heavy atom. The van der Waals surface area contributed by atoms with Crippen LogP contribution >= 0.6 is 0 Å². The summed E-state index contributed by atoms with van der Waals surface area (Å²) in [6.07, 6.45) is 2.37. The van der Waals surface area contributed by atoms with Crippen molar-refractivity contribution in [3.8, 4) is 0 Å². The van der Waals surface area contributed by atoms with E-state index in [0.717, 1.165) is 6.42 Å². The molecule has 1 fully saturated rings. The number of carbonyl (C=O) groups is 2. The van der Waals surface area contributed by atoms with Crippen LogP contribution in [-0.2, 0) is 14.3 Å². The first kappa shape index (κ1) is 15.8. The molecule has 0 spiro atoms. The van der Waals surface area contributed by atoms with Crippen molar-refractivity contribution in [3.63, 3.8) is 0 Å². The number of rotatable bonds is 4. The molecule has 2 rings (SSSR count). The van der Waals surface area contributed by atoms with E-state index in [2.05, 4.69) is 0 Å². The van der Waals surface area contributed by atoms with E-state index in [9.17, 15) is 9.59 Å². The highest BCUT2D eigenvalue weighted by Crippen LogP contribution is 2.15. The average molecular weight is 298 g/mol. The second-order valence-corrected chi connectivity index (χ2v) is 5.31. The predicted molar refractivity (Wildman–Crippen MR) is 75.1 cm³/mol. The van der Waals surface area contributed by atoms with Gasteiger partial charge in [0, 0.05) is 33.3 Å². The minimum Gasteiger partial charge on any atom is -0.481 e. The number of amides is 2. The maximum Gasteiger partial charge on any atom is 0.320 e. The summed E-state index contributed by atoms with van der Waals surface area (Å²) in [6, 6.07) is -0.0404. The topological polar surface area (TPSA) is 79.3 Å². The lowest BCUT2D eigenvalue weighted by Gasteiger charge is -2.37. The highest BCUT2D eigenvalue weighted by molar-refractivity contribution is 5.75. The van der Waals surface area contributed by atoms with Gasteiger partial charge in [-0.25, -0.2) is 4.79 Å². The second kappa shape index (κ2) is 7.42. The summed E-state index contributed by atoms with van der Waals surface area (Å²) < 4.78 is 10.5. The number of aliphatic carboxylic acids is 1. The lowest BCUT2D eigenvalue weighted by molar-refractivity contribution is -0.141. The molecular weight excluding hydrogens is 276 g/mol. The Bertz CT molecular complexity index is 424. The summed E-state index contributed by atoms with van der Waals surface area (Å²) in [5.74, 6) is -0.903. The van der Waals surface area contributed by atoms with E-state index in [1.165, 1.54) is 5.57 Å². The molecule has 7 nitrogen and oxygen atoms in total. The minimum absolute atomic E-state index is 0.0404. The van der Waals surface area contributed by atoms with Crippen molar-refractivity contribution in [3.05, 3.63) is 11.6 Å². The summed E-state index contributed by atoms with van der Waals surface area (Å²) in [7, 11) is 1.66. The maximum atomic E-state index is 12.4. The molecule has 1 saturated heterocycles. The summed E-state index contributed by atoms with van der Waals surface area (Å²) >= 11 is 0. The van der Waals surface area contributed by atoms with Crippen LogP contribution in [0.3, 0.4) is 0 Å². The third-order valence-corrected chi connectivity index (χ3v) is 3.72. The Morgan fingerprint density at radius 2 is 2.24 bits per heavy atom. The molecule has 0 bridgehead atoms. The van der Waals surface area contributed by atoms with Gasteiger partial charge in [0.2, 0.25) is 0 Å². The number of ether oxygens (including phenoxy) is 2. The number of carbonyl (C=O) groups excluding carboxylic acids is 1. The molecule has 0 aliphatic carbocycles. The maximum absolute atomic E-state index is 12.4. The second-order valence-electron chi connectivity index (χ2n) is 5.31. The van der Waals surface area contributed by atoms with Crippen LogP contribution in [0, 0.1) is 0 Å². The van der Waals surface area contributed by atoms with Crippen molar-refractivity contribution in [2.24, 2.45) is 0 Å². The van der Waals surface area contributed by atoms with E-state index in [1.807, 2.05) is 6.08 Å². The molecule has 1 N–H and O–H groups in total. The number of hydrogen-bond donors (Lipinski definition) is 1. The van der Waals surface area contributed by atoms with Gasteiger partial charge < -0.3 is 24.4 Å². The summed E-state index contributed by atoms with van der Waals surface area (Å²) in [5.41, 5.74) is 1.22. The van der Waals surface area contributed by atoms with Gasteiger partial charge in [-0.15, -0.1) is 0 Å². The van der Waals surface area contributed by atoms with Crippen LogP contribution in [0.4, 0.5) is 4.79 Å². The van der Waals surface area contributed by atoms with Gasteiger partial charge in [0.1, 0.15) is 0 Å². The number of urea groups is 1. The predicted octanol–water partition coefficient (Wildman–Crippen LogP) is 0.560. The monoisotopic (exact) mass is 298 g/mol. The third-order valence-electron chi connectivity index (χ3n) is 3.72. The van der Waals surface area contributed by atoms with E-state index in [4.69, 9.17) is 14.6 Å². The van der Waals surface area contributed by atoms with Crippen molar-refractivity contribution in [2.45, 2.75) is 18.9 Å². The molecule has 0 aromatic heterocycles. The molecule has 2 aliphatic heterocycles. The van der Waals surface area contributed by atoms with Gasteiger partial charge in [-0.1, -0.05) is 6.08 Å². The molecule has 2 amide bonds. The number of hydrogen-bond acceptors (Lipinski definition) is 4. The van der Waals surface area contributed by atoms with Gasteiger partial charge in [0.05, 0.1) is 25.7 Å². The molecule has 2 heterocycles. The van der Waals surface area contributed by atoms with Crippen molar-refractivity contribution in [2.75, 3.05) is 46.5 Å². The van der Waals surface area contributed by atoms with Crippen molar-refractivity contribution in [1.82, 2.24) is 9.80 Å². The highest BCUT2D eigenvalue weighted by Gasteiger charge is 2.29.